The predicted molar refractivity (Wildman–Crippen MR) is 90.1 cm³/mol. The van der Waals surface area contributed by atoms with E-state index in [2.05, 4.69) is 4.99 Å². The van der Waals surface area contributed by atoms with Gasteiger partial charge in [0.1, 0.15) is 5.92 Å². The number of aliphatic imine (C=N–C) groups is 1. The van der Waals surface area contributed by atoms with Crippen LogP contribution in [0.4, 0.5) is 0 Å². The second-order valence-corrected chi connectivity index (χ2v) is 6.01. The third kappa shape index (κ3) is 3.41. The highest BCUT2D eigenvalue weighted by molar-refractivity contribution is 6.30. The normalized spacial score (nSPS) is 20.1. The second kappa shape index (κ2) is 7.06. The predicted octanol–water partition coefficient (Wildman–Crippen LogP) is 2.74. The van der Waals surface area contributed by atoms with Gasteiger partial charge in [-0.1, -0.05) is 11.6 Å². The van der Waals surface area contributed by atoms with Crippen LogP contribution in [-0.4, -0.2) is 40.9 Å². The number of carboxylic acids is 2. The van der Waals surface area contributed by atoms with E-state index in [-0.39, 0.29) is 33.1 Å². The first-order valence-electron chi connectivity index (χ1n) is 7.28. The molecule has 1 aliphatic heterocycles. The van der Waals surface area contributed by atoms with E-state index in [1.807, 2.05) is 0 Å². The van der Waals surface area contributed by atoms with Gasteiger partial charge in [0.05, 0.1) is 18.2 Å². The molecule has 0 fully saturated rings. The third-order valence-corrected chi connectivity index (χ3v) is 4.31. The molecule has 132 valence electrons. The summed E-state index contributed by atoms with van der Waals surface area (Å²) in [7, 11) is 1.18. The van der Waals surface area contributed by atoms with Crippen molar-refractivity contribution in [2.45, 2.75) is 19.8 Å². The Morgan fingerprint density at radius 2 is 1.84 bits per heavy atom. The lowest BCUT2D eigenvalue weighted by molar-refractivity contribution is -0.140. The number of halogens is 1. The molecule has 2 atom stereocenters. The maximum absolute atomic E-state index is 12.1. The SMILES string of the molecule is COC(=O)c1ccc(Cl)cc1C1C(C(=O)O)=C(C)N=C(C)C1C(=O)O. The topological polar surface area (TPSA) is 113 Å². The number of hydrogen-bond acceptors (Lipinski definition) is 5. The molecule has 7 nitrogen and oxygen atoms in total. The van der Waals surface area contributed by atoms with E-state index in [0.717, 1.165) is 0 Å². The minimum atomic E-state index is -1.30. The fourth-order valence-electron chi connectivity index (χ4n) is 3.06. The number of benzene rings is 1. The van der Waals surface area contributed by atoms with Crippen molar-refractivity contribution in [1.82, 2.24) is 0 Å². The van der Waals surface area contributed by atoms with Gasteiger partial charge in [-0.25, -0.2) is 9.59 Å². The van der Waals surface area contributed by atoms with Gasteiger partial charge in [0.2, 0.25) is 0 Å². The number of esters is 1. The first-order valence-corrected chi connectivity index (χ1v) is 7.66. The lowest BCUT2D eigenvalue weighted by Gasteiger charge is -2.30. The molecule has 2 N–H and O–H groups in total. The molecule has 1 heterocycles. The Labute approximate surface area is 148 Å². The smallest absolute Gasteiger partial charge is 0.338 e. The van der Waals surface area contributed by atoms with E-state index < -0.39 is 29.7 Å². The van der Waals surface area contributed by atoms with Crippen molar-refractivity contribution in [3.63, 3.8) is 0 Å². The van der Waals surface area contributed by atoms with Crippen LogP contribution in [-0.2, 0) is 14.3 Å². The third-order valence-electron chi connectivity index (χ3n) is 4.08. The van der Waals surface area contributed by atoms with Crippen LogP contribution in [0.5, 0.6) is 0 Å². The summed E-state index contributed by atoms with van der Waals surface area (Å²) in [6, 6.07) is 4.23. The summed E-state index contributed by atoms with van der Waals surface area (Å²) in [4.78, 5) is 39.8. The highest BCUT2D eigenvalue weighted by Crippen LogP contribution is 2.41. The summed E-state index contributed by atoms with van der Waals surface area (Å²) in [5, 5.41) is 19.5. The first kappa shape index (κ1) is 18.7. The molecule has 0 aromatic heterocycles. The molecular formula is C17H16ClNO6. The van der Waals surface area contributed by atoms with Gasteiger partial charge in [-0.3, -0.25) is 9.79 Å². The van der Waals surface area contributed by atoms with Gasteiger partial charge in [0.15, 0.2) is 0 Å². The molecule has 1 aliphatic rings. The maximum Gasteiger partial charge on any atom is 0.338 e. The molecule has 0 bridgehead atoms. The van der Waals surface area contributed by atoms with Crippen LogP contribution in [0.3, 0.4) is 0 Å². The Kier molecular flexibility index (Phi) is 5.27. The average molecular weight is 366 g/mol. The van der Waals surface area contributed by atoms with Crippen molar-refractivity contribution < 1.29 is 29.3 Å². The molecule has 8 heteroatoms. The van der Waals surface area contributed by atoms with Gasteiger partial charge in [-0.2, -0.15) is 0 Å². The fourth-order valence-corrected chi connectivity index (χ4v) is 3.24. The van der Waals surface area contributed by atoms with Gasteiger partial charge in [0.25, 0.3) is 0 Å². The molecular weight excluding hydrogens is 350 g/mol. The standard InChI is InChI=1S/C17H16ClNO6/c1-7-12(15(20)21)14(13(16(22)23)8(2)19-7)11-6-9(18)4-5-10(11)17(24)25-3/h4-6,12,14H,1-3H3,(H,20,21)(H,22,23). The molecule has 0 saturated carbocycles. The number of aliphatic carboxylic acids is 2. The number of ether oxygens (including phenoxy) is 1. The van der Waals surface area contributed by atoms with Crippen molar-refractivity contribution >= 4 is 35.2 Å². The molecule has 1 aromatic carbocycles. The number of carbonyl (C=O) groups is 3. The molecule has 2 rings (SSSR count). The van der Waals surface area contributed by atoms with Crippen LogP contribution in [0.1, 0.15) is 35.7 Å². The molecule has 1 aromatic rings. The zero-order valence-corrected chi connectivity index (χ0v) is 14.5. The van der Waals surface area contributed by atoms with E-state index in [1.54, 1.807) is 0 Å². The van der Waals surface area contributed by atoms with Gasteiger partial charge in [-0.15, -0.1) is 0 Å². The van der Waals surface area contributed by atoms with Gasteiger partial charge in [0, 0.05) is 22.3 Å². The van der Waals surface area contributed by atoms with Crippen LogP contribution in [0, 0.1) is 5.92 Å². The van der Waals surface area contributed by atoms with E-state index in [9.17, 15) is 24.6 Å². The average Bonchev–Trinajstić information content (AvgIpc) is 2.52. The number of rotatable bonds is 4. The molecule has 0 radical (unpaired) electrons. The van der Waals surface area contributed by atoms with Crippen molar-refractivity contribution in [1.29, 1.82) is 0 Å². The number of nitrogens with zero attached hydrogens (tertiary/aromatic N) is 1. The summed E-state index contributed by atoms with van der Waals surface area (Å²) < 4.78 is 4.73. The number of hydrogen-bond donors (Lipinski definition) is 2. The molecule has 0 saturated heterocycles. The number of carboxylic acid groups (broad SMARTS) is 2. The Balaban J connectivity index is 2.82. The number of carbonyl (C=O) groups excluding carboxylic acids is 1. The molecule has 2 unspecified atom stereocenters. The summed E-state index contributed by atoms with van der Waals surface area (Å²) in [6.45, 7) is 3.00. The monoisotopic (exact) mass is 365 g/mol. The molecule has 0 aliphatic carbocycles. The summed E-state index contributed by atoms with van der Waals surface area (Å²) in [5.74, 6) is -5.62. The lowest BCUT2D eigenvalue weighted by atomic mass is 9.74. The first-order chi connectivity index (χ1) is 11.7. The highest BCUT2D eigenvalue weighted by Gasteiger charge is 2.42. The molecule has 0 amide bonds. The molecule has 0 spiro atoms. The lowest BCUT2D eigenvalue weighted by Crippen LogP contribution is -2.35. The fraction of sp³-hybridized carbons (Fsp3) is 0.294. The zero-order valence-electron chi connectivity index (χ0n) is 13.7. The van der Waals surface area contributed by atoms with Crippen LogP contribution in [0.15, 0.2) is 34.5 Å². The van der Waals surface area contributed by atoms with Crippen LogP contribution in [0.25, 0.3) is 0 Å². The van der Waals surface area contributed by atoms with Crippen molar-refractivity contribution in [2.24, 2.45) is 10.9 Å². The number of methoxy groups -OCH3 is 1. The second-order valence-electron chi connectivity index (χ2n) is 5.57. The van der Waals surface area contributed by atoms with Crippen LogP contribution in [0.2, 0.25) is 5.02 Å². The van der Waals surface area contributed by atoms with Crippen LogP contribution >= 0.6 is 11.6 Å². The Morgan fingerprint density at radius 1 is 1.20 bits per heavy atom. The maximum atomic E-state index is 12.1. The minimum Gasteiger partial charge on any atom is -0.481 e. The van der Waals surface area contributed by atoms with E-state index in [0.29, 0.717) is 0 Å². The van der Waals surface area contributed by atoms with Crippen molar-refractivity contribution in [3.8, 4) is 0 Å². The largest absolute Gasteiger partial charge is 0.481 e. The van der Waals surface area contributed by atoms with E-state index in [1.165, 1.54) is 39.2 Å². The van der Waals surface area contributed by atoms with E-state index in [4.69, 9.17) is 16.3 Å². The van der Waals surface area contributed by atoms with E-state index >= 15 is 0 Å². The Morgan fingerprint density at radius 3 is 2.36 bits per heavy atom. The quantitative estimate of drug-likeness (QED) is 0.793. The number of allylic oxidation sites excluding steroid dienone is 1. The highest BCUT2D eigenvalue weighted by atomic mass is 35.5. The minimum absolute atomic E-state index is 0.0596. The summed E-state index contributed by atoms with van der Waals surface area (Å²) in [5.41, 5.74) is 0.478. The summed E-state index contributed by atoms with van der Waals surface area (Å²) in [6.07, 6.45) is 0. The van der Waals surface area contributed by atoms with Gasteiger partial charge >= 0.3 is 17.9 Å². The van der Waals surface area contributed by atoms with Gasteiger partial charge < -0.3 is 14.9 Å². The zero-order chi connectivity index (χ0) is 18.9. The van der Waals surface area contributed by atoms with Crippen molar-refractivity contribution in [3.05, 3.63) is 45.6 Å². The Bertz CT molecular complexity index is 826. The van der Waals surface area contributed by atoms with Gasteiger partial charge in [-0.05, 0) is 37.6 Å². The van der Waals surface area contributed by atoms with Crippen LogP contribution < -0.4 is 0 Å². The summed E-state index contributed by atoms with van der Waals surface area (Å²) >= 11 is 6.02. The Hall–Kier alpha value is -2.67. The molecule has 25 heavy (non-hydrogen) atoms. The van der Waals surface area contributed by atoms with Crippen molar-refractivity contribution in [2.75, 3.05) is 7.11 Å².